The Hall–Kier alpha value is -3.68. The zero-order valence-electron chi connectivity index (χ0n) is 16.8. The van der Waals surface area contributed by atoms with Gasteiger partial charge in [0.1, 0.15) is 0 Å². The molecule has 154 valence electrons. The number of aryl methyl sites for hydroxylation is 1. The van der Waals surface area contributed by atoms with Gasteiger partial charge in [-0.2, -0.15) is 5.10 Å². The van der Waals surface area contributed by atoms with E-state index >= 15 is 0 Å². The van der Waals surface area contributed by atoms with Gasteiger partial charge in [-0.25, -0.2) is 9.48 Å². The van der Waals surface area contributed by atoms with Gasteiger partial charge in [0, 0.05) is 24.5 Å². The van der Waals surface area contributed by atoms with Gasteiger partial charge in [0.05, 0.1) is 23.0 Å². The molecule has 30 heavy (non-hydrogen) atoms. The molecule has 1 amide bonds. The maximum absolute atomic E-state index is 12.7. The van der Waals surface area contributed by atoms with E-state index in [0.717, 1.165) is 0 Å². The van der Waals surface area contributed by atoms with Gasteiger partial charge in [-0.1, -0.05) is 30.3 Å². The van der Waals surface area contributed by atoms with Gasteiger partial charge in [0.15, 0.2) is 5.58 Å². The summed E-state index contributed by atoms with van der Waals surface area (Å²) in [5, 5.41) is 8.49. The average molecular weight is 406 g/mol. The van der Waals surface area contributed by atoms with Crippen LogP contribution in [0.3, 0.4) is 0 Å². The molecule has 1 N–H and O–H groups in total. The van der Waals surface area contributed by atoms with Crippen molar-refractivity contribution in [2.45, 2.75) is 39.4 Å². The molecule has 0 radical (unpaired) electrons. The monoisotopic (exact) mass is 406 g/mol. The van der Waals surface area contributed by atoms with Crippen molar-refractivity contribution in [2.24, 2.45) is 0 Å². The second-order valence-corrected chi connectivity index (χ2v) is 7.20. The molecule has 2 heterocycles. The lowest BCUT2D eigenvalue weighted by Crippen LogP contribution is -2.38. The fourth-order valence-electron chi connectivity index (χ4n) is 3.63. The fourth-order valence-corrected chi connectivity index (χ4v) is 3.63. The van der Waals surface area contributed by atoms with E-state index < -0.39 is 5.76 Å². The predicted octanol–water partition coefficient (Wildman–Crippen LogP) is 2.07. The Bertz CT molecular complexity index is 1350. The Labute approximate surface area is 171 Å². The third-order valence-corrected chi connectivity index (χ3v) is 5.01. The minimum Gasteiger partial charge on any atom is -0.408 e. The summed E-state index contributed by atoms with van der Waals surface area (Å²) in [5.74, 6) is -0.692. The first-order chi connectivity index (χ1) is 14.5. The molecular weight excluding hydrogens is 384 g/mol. The smallest absolute Gasteiger partial charge is 0.408 e. The first-order valence-electron chi connectivity index (χ1n) is 9.84. The highest BCUT2D eigenvalue weighted by molar-refractivity contribution is 5.88. The van der Waals surface area contributed by atoms with Gasteiger partial charge in [0.2, 0.25) is 5.91 Å². The zero-order chi connectivity index (χ0) is 21.3. The van der Waals surface area contributed by atoms with Crippen molar-refractivity contribution in [3.05, 3.63) is 75.1 Å². The molecule has 0 aliphatic rings. The maximum atomic E-state index is 12.7. The van der Waals surface area contributed by atoms with E-state index in [1.165, 1.54) is 9.25 Å². The summed E-state index contributed by atoms with van der Waals surface area (Å²) in [6.07, 6.45) is 0.0339. The van der Waals surface area contributed by atoms with Crippen molar-refractivity contribution < 1.29 is 9.21 Å². The number of benzene rings is 2. The van der Waals surface area contributed by atoms with Crippen LogP contribution in [0.15, 0.2) is 62.5 Å². The van der Waals surface area contributed by atoms with Crippen molar-refractivity contribution >= 4 is 27.8 Å². The minimum atomic E-state index is -0.458. The number of nitrogens with zero attached hydrogens (tertiary/aromatic N) is 3. The topological polar surface area (TPSA) is 99.1 Å². The normalized spacial score (nSPS) is 12.3. The first-order valence-corrected chi connectivity index (χ1v) is 9.84. The fraction of sp³-hybridized carbons (Fsp3) is 0.273. The first kappa shape index (κ1) is 19.6. The summed E-state index contributed by atoms with van der Waals surface area (Å²) in [7, 11) is 0. The van der Waals surface area contributed by atoms with Crippen LogP contribution in [0.5, 0.6) is 0 Å². The molecule has 0 saturated heterocycles. The number of hydrogen-bond donors (Lipinski definition) is 1. The van der Waals surface area contributed by atoms with E-state index in [0.29, 0.717) is 34.1 Å². The second kappa shape index (κ2) is 7.98. The molecule has 2 aromatic carbocycles. The Morgan fingerprint density at radius 3 is 2.57 bits per heavy atom. The van der Waals surface area contributed by atoms with Crippen LogP contribution in [0.4, 0.5) is 0 Å². The van der Waals surface area contributed by atoms with E-state index in [-0.39, 0.29) is 30.5 Å². The number of carbonyl (C=O) groups is 1. The number of nitrogens with one attached hydrogen (secondary N) is 1. The number of hydrogen-bond acceptors (Lipinski definition) is 5. The summed E-state index contributed by atoms with van der Waals surface area (Å²) >= 11 is 0. The van der Waals surface area contributed by atoms with Crippen molar-refractivity contribution in [2.75, 3.05) is 0 Å². The molecule has 2 aromatic heterocycles. The van der Waals surface area contributed by atoms with Gasteiger partial charge < -0.3 is 9.73 Å². The Kier molecular flexibility index (Phi) is 5.22. The lowest BCUT2D eigenvalue weighted by molar-refractivity contribution is -0.121. The second-order valence-electron chi connectivity index (χ2n) is 7.20. The summed E-state index contributed by atoms with van der Waals surface area (Å²) < 4.78 is 8.11. The Morgan fingerprint density at radius 1 is 1.10 bits per heavy atom. The Morgan fingerprint density at radius 2 is 1.80 bits per heavy atom. The SMILES string of the molecule is CCn1nc(CC(=O)N[C@@H](C)Cn2c(=O)oc3ccccc32)c2ccccc2c1=O. The number of aromatic nitrogens is 3. The van der Waals surface area contributed by atoms with E-state index in [4.69, 9.17) is 4.42 Å². The van der Waals surface area contributed by atoms with Crippen LogP contribution in [0.1, 0.15) is 19.5 Å². The van der Waals surface area contributed by atoms with Crippen molar-refractivity contribution in [1.82, 2.24) is 19.7 Å². The molecule has 4 rings (SSSR count). The van der Waals surface area contributed by atoms with Gasteiger partial charge in [-0.3, -0.25) is 14.2 Å². The third-order valence-electron chi connectivity index (χ3n) is 5.01. The number of rotatable bonds is 6. The summed E-state index contributed by atoms with van der Waals surface area (Å²) in [5.41, 5.74) is 1.57. The third kappa shape index (κ3) is 3.63. The molecule has 0 saturated carbocycles. The molecule has 0 aliphatic heterocycles. The highest BCUT2D eigenvalue weighted by Crippen LogP contribution is 2.14. The number of carbonyl (C=O) groups excluding carboxylic acids is 1. The van der Waals surface area contributed by atoms with Crippen LogP contribution < -0.4 is 16.6 Å². The van der Waals surface area contributed by atoms with Gasteiger partial charge >= 0.3 is 5.76 Å². The predicted molar refractivity (Wildman–Crippen MR) is 113 cm³/mol. The Balaban J connectivity index is 1.54. The highest BCUT2D eigenvalue weighted by atomic mass is 16.4. The van der Waals surface area contributed by atoms with Crippen LogP contribution in [0.2, 0.25) is 0 Å². The van der Waals surface area contributed by atoms with Crippen molar-refractivity contribution in [3.8, 4) is 0 Å². The van der Waals surface area contributed by atoms with Crippen molar-refractivity contribution in [3.63, 3.8) is 0 Å². The number of para-hydroxylation sites is 2. The molecule has 0 fully saturated rings. The molecule has 1 atom stereocenters. The van der Waals surface area contributed by atoms with Crippen molar-refractivity contribution in [1.29, 1.82) is 0 Å². The summed E-state index contributed by atoms with van der Waals surface area (Å²) in [4.78, 5) is 37.3. The highest BCUT2D eigenvalue weighted by Gasteiger charge is 2.16. The maximum Gasteiger partial charge on any atom is 0.420 e. The van der Waals surface area contributed by atoms with Crippen LogP contribution in [0.25, 0.3) is 21.9 Å². The lowest BCUT2D eigenvalue weighted by Gasteiger charge is -2.15. The van der Waals surface area contributed by atoms with E-state index in [2.05, 4.69) is 10.4 Å². The van der Waals surface area contributed by atoms with E-state index in [9.17, 15) is 14.4 Å². The quantitative estimate of drug-likeness (QED) is 0.529. The standard InChI is InChI=1S/C22H22N4O4/c1-3-26-21(28)16-9-5-4-8-15(16)17(24-26)12-20(27)23-14(2)13-25-18-10-6-7-11-19(18)30-22(25)29/h4-11,14H,3,12-13H2,1-2H3,(H,23,27)/t14-/m0/s1. The van der Waals surface area contributed by atoms with E-state index in [1.54, 1.807) is 36.4 Å². The molecule has 4 aromatic rings. The van der Waals surface area contributed by atoms with Crippen LogP contribution >= 0.6 is 0 Å². The number of amides is 1. The van der Waals surface area contributed by atoms with Crippen LogP contribution in [-0.4, -0.2) is 26.3 Å². The van der Waals surface area contributed by atoms with Crippen LogP contribution in [0, 0.1) is 0 Å². The zero-order valence-corrected chi connectivity index (χ0v) is 16.8. The summed E-state index contributed by atoms with van der Waals surface area (Å²) in [6.45, 7) is 4.36. The molecule has 8 heteroatoms. The number of oxazole rings is 1. The van der Waals surface area contributed by atoms with Gasteiger partial charge in [0.25, 0.3) is 5.56 Å². The molecule has 0 aliphatic carbocycles. The molecule has 8 nitrogen and oxygen atoms in total. The lowest BCUT2D eigenvalue weighted by atomic mass is 10.1. The average Bonchev–Trinajstić information content (AvgIpc) is 3.05. The minimum absolute atomic E-state index is 0.0339. The molecule has 0 unspecified atom stereocenters. The molecular formula is C22H22N4O4. The van der Waals surface area contributed by atoms with Gasteiger partial charge in [-0.15, -0.1) is 0 Å². The molecule has 0 spiro atoms. The number of fused-ring (bicyclic) bond motifs is 2. The van der Waals surface area contributed by atoms with Crippen LogP contribution in [-0.2, 0) is 24.3 Å². The largest absolute Gasteiger partial charge is 0.420 e. The molecule has 0 bridgehead atoms. The van der Waals surface area contributed by atoms with Gasteiger partial charge in [-0.05, 0) is 32.0 Å². The van der Waals surface area contributed by atoms with E-state index in [1.807, 2.05) is 26.0 Å². The summed E-state index contributed by atoms with van der Waals surface area (Å²) in [6, 6.07) is 14.0.